The van der Waals surface area contributed by atoms with E-state index in [9.17, 15) is 84.0 Å². The number of fused-ring (bicyclic) bond motifs is 9. The minimum Gasteiger partial charge on any atom is -0.399 e. The Hall–Kier alpha value is -9.10. The van der Waals surface area contributed by atoms with Crippen LogP contribution in [0.25, 0.3) is 0 Å². The van der Waals surface area contributed by atoms with Crippen molar-refractivity contribution in [2.75, 3.05) is 104 Å². The first-order valence-electron chi connectivity index (χ1n) is 47.8. The number of ether oxygens (including phenoxy) is 9. The van der Waals surface area contributed by atoms with Gasteiger partial charge in [-0.2, -0.15) is 0 Å². The maximum Gasteiger partial charge on any atom is 0.312 e. The molecule has 0 bridgehead atoms. The molecule has 11 rings (SSSR count). The van der Waals surface area contributed by atoms with Crippen LogP contribution in [0.3, 0.4) is 0 Å². The molecule has 38 nitrogen and oxygen atoms in total. The quantitative estimate of drug-likeness (QED) is 0.0322. The van der Waals surface area contributed by atoms with Gasteiger partial charge in [-0.05, 0) is 150 Å². The number of primary amides is 1. The van der Waals surface area contributed by atoms with E-state index >= 15 is 13.6 Å². The number of allylic oxidation sites excluding steroid dienone is 5. The van der Waals surface area contributed by atoms with Crippen molar-refractivity contribution in [1.82, 2.24) is 42.5 Å². The first kappa shape index (κ1) is 107. The van der Waals surface area contributed by atoms with E-state index in [0.29, 0.717) is 62.9 Å². The van der Waals surface area contributed by atoms with Gasteiger partial charge in [-0.1, -0.05) is 95.2 Å². The molecule has 6 fully saturated rings. The molecule has 136 heavy (non-hydrogen) atoms. The number of halogens is 2. The van der Waals surface area contributed by atoms with Crippen molar-refractivity contribution in [2.45, 2.75) is 285 Å². The van der Waals surface area contributed by atoms with E-state index in [0.717, 1.165) is 22.8 Å². The molecule has 2 aromatic rings. The Labute approximate surface area is 790 Å². The van der Waals surface area contributed by atoms with Crippen LogP contribution >= 0.6 is 0 Å². The summed E-state index contributed by atoms with van der Waals surface area (Å²) in [6, 6.07) is 10.0. The number of carbonyl (C=O) groups is 10. The fraction of sp³-hybridized carbons (Fsp3) is 0.688. The van der Waals surface area contributed by atoms with Crippen molar-refractivity contribution in [3.8, 4) is 11.8 Å². The van der Waals surface area contributed by atoms with Gasteiger partial charge < -0.3 is 142 Å². The van der Waals surface area contributed by atoms with Crippen molar-refractivity contribution in [3.05, 3.63) is 100 Å². The van der Waals surface area contributed by atoms with Crippen LogP contribution < -0.4 is 58.9 Å². The lowest BCUT2D eigenvalue weighted by Crippen LogP contribution is -2.71. The number of alkyl halides is 2. The number of para-hydroxylation sites is 1. The van der Waals surface area contributed by atoms with Crippen LogP contribution in [-0.4, -0.2) is 314 Å². The second-order valence-corrected chi connectivity index (χ2v) is 37.3. The number of urea groups is 1. The molecule has 2 aromatic carbocycles. The van der Waals surface area contributed by atoms with Crippen molar-refractivity contribution < 1.29 is 140 Å². The topological polar surface area (TPSA) is 567 Å². The zero-order chi connectivity index (χ0) is 98.2. The molecule has 3 saturated heterocycles. The Morgan fingerprint density at radius 3 is 2.03 bits per heavy atom. The molecule has 754 valence electrons. The largest absolute Gasteiger partial charge is 0.399 e. The third-order valence-electron chi connectivity index (χ3n) is 28.0. The number of aliphatic hydroxyl groups excluding tert-OH is 8. The van der Waals surface area contributed by atoms with Crippen LogP contribution in [0.5, 0.6) is 0 Å². The maximum absolute atomic E-state index is 18.3. The number of ketones is 2. The molecule has 4 heterocycles. The van der Waals surface area contributed by atoms with E-state index < -0.39 is 230 Å². The minimum atomic E-state index is -2.49. The highest BCUT2D eigenvalue weighted by Crippen LogP contribution is 2.72. The lowest BCUT2D eigenvalue weighted by Gasteiger charge is -2.63. The van der Waals surface area contributed by atoms with Gasteiger partial charge in [0.15, 0.2) is 35.4 Å². The maximum atomic E-state index is 18.3. The highest BCUT2D eigenvalue weighted by Gasteiger charge is 2.80. The van der Waals surface area contributed by atoms with Crippen molar-refractivity contribution in [2.24, 2.45) is 46.0 Å². The van der Waals surface area contributed by atoms with Gasteiger partial charge in [0.1, 0.15) is 55.3 Å². The normalized spacial score (nSPS) is 30.6. The summed E-state index contributed by atoms with van der Waals surface area (Å²) in [6.07, 6.45) is -13.6. The van der Waals surface area contributed by atoms with Gasteiger partial charge in [-0.3, -0.25) is 43.2 Å². The van der Waals surface area contributed by atoms with Gasteiger partial charge in [-0.25, -0.2) is 13.6 Å². The number of nitrogens with one attached hydrogen (secondary N) is 8. The van der Waals surface area contributed by atoms with E-state index in [1.165, 1.54) is 19.1 Å². The van der Waals surface area contributed by atoms with Crippen LogP contribution in [0.2, 0.25) is 0 Å². The van der Waals surface area contributed by atoms with Gasteiger partial charge >= 0.3 is 6.03 Å². The summed E-state index contributed by atoms with van der Waals surface area (Å²) >= 11 is 0. The fourth-order valence-electron chi connectivity index (χ4n) is 20.8. The molecule has 40 heteroatoms. The number of amides is 9. The third-order valence-corrected chi connectivity index (χ3v) is 28.0. The summed E-state index contributed by atoms with van der Waals surface area (Å²) < 4.78 is 89.0. The molecular weight excluding hydrogens is 1780 g/mol. The van der Waals surface area contributed by atoms with E-state index in [-0.39, 0.29) is 173 Å². The summed E-state index contributed by atoms with van der Waals surface area (Å²) in [5.74, 6) is -2.98. The summed E-state index contributed by atoms with van der Waals surface area (Å²) in [6.45, 7) is 7.89. The number of carbonyl (C=O) groups excluding carboxylic acids is 10. The number of Topliss-reactive ketones (excluding diaryl/α,β-unsaturated/α-hetero) is 1. The number of nitrogens with two attached hydrogens (primary N) is 2. The monoisotopic (exact) mass is 1920 g/mol. The number of hydrogen-bond donors (Lipinski definition) is 18. The number of hydrogen-bond acceptors (Lipinski definition) is 29. The molecule has 0 aromatic heterocycles. The molecule has 4 aliphatic heterocycles. The van der Waals surface area contributed by atoms with Crippen molar-refractivity contribution in [3.63, 3.8) is 0 Å². The van der Waals surface area contributed by atoms with E-state index in [4.69, 9.17) is 54.1 Å². The first-order chi connectivity index (χ1) is 65.1. The van der Waals surface area contributed by atoms with Crippen LogP contribution in [0.15, 0.2) is 83.7 Å². The molecule has 24 atom stereocenters. The summed E-state index contributed by atoms with van der Waals surface area (Å²) in [4.78, 5) is 139. The summed E-state index contributed by atoms with van der Waals surface area (Å²) in [5, 5.41) is 110. The van der Waals surface area contributed by atoms with Crippen molar-refractivity contribution >= 4 is 64.6 Å². The molecule has 3 unspecified atom stereocenters. The SMILES string of the molecule is CCCC1O[C@@H]2C[C@H]3[C@@H]4C[C@H](F)C5=CC(=O)C=C[C@]5(C)[C@@]4(F)[C@@H](O)C[C@]3(C)[C@]2(C(=O)CNC(=O)[C@H](CCCNC(N)=O)NC(=O)[C@@H](NC(=O)[C@@H](CCCCNC(=O)COC2CCCCCC(N[C@H]3O[C@H](CCO)C([C@H]4O[C@H](CCO)[C@@H](O)[C@H](O)[C@H]4O)[C@H](O)[C@H]3O)=C2N)NC(=O)CCOCCOCCOCCOCCNC(=O)CCC(=O)N2Cc3ccccc3C#Cc3ccccc32)C(C)C)O1. The lowest BCUT2D eigenvalue weighted by atomic mass is 9.44. The number of nitrogens with zero attached hydrogens (tertiary/aromatic N) is 1. The van der Waals surface area contributed by atoms with Gasteiger partial charge in [0.05, 0.1) is 120 Å². The van der Waals surface area contributed by atoms with Gasteiger partial charge in [0.25, 0.3) is 0 Å². The number of rotatable bonds is 49. The Morgan fingerprint density at radius 1 is 0.654 bits per heavy atom. The number of unbranched alkanes of at least 4 members (excludes halogenated alkanes) is 1. The van der Waals surface area contributed by atoms with Crippen LogP contribution in [0.4, 0.5) is 19.3 Å². The average molecular weight is 1920 g/mol. The fourth-order valence-corrected chi connectivity index (χ4v) is 20.8. The number of aliphatic hydroxyl groups is 8. The van der Waals surface area contributed by atoms with E-state index in [1.807, 2.05) is 55.5 Å². The summed E-state index contributed by atoms with van der Waals surface area (Å²) in [7, 11) is 0. The lowest BCUT2D eigenvalue weighted by molar-refractivity contribution is -0.286. The molecule has 0 radical (unpaired) electrons. The van der Waals surface area contributed by atoms with Crippen LogP contribution in [0, 0.1) is 46.3 Å². The number of benzene rings is 2. The Bertz CT molecular complexity index is 4600. The van der Waals surface area contributed by atoms with E-state index in [2.05, 4.69) is 54.4 Å². The van der Waals surface area contributed by atoms with Crippen molar-refractivity contribution in [1.29, 1.82) is 0 Å². The summed E-state index contributed by atoms with van der Waals surface area (Å²) in [5.41, 5.74) is 8.28. The molecule has 5 aliphatic carbocycles. The van der Waals surface area contributed by atoms with Gasteiger partial charge in [0.2, 0.25) is 41.4 Å². The van der Waals surface area contributed by atoms with E-state index in [1.54, 1.807) is 25.7 Å². The highest BCUT2D eigenvalue weighted by atomic mass is 19.1. The Morgan fingerprint density at radius 2 is 1.32 bits per heavy atom. The smallest absolute Gasteiger partial charge is 0.312 e. The first-order valence-corrected chi connectivity index (χ1v) is 47.8. The predicted molar refractivity (Wildman–Crippen MR) is 485 cm³/mol. The molecular formula is C96H139F2N11O27. The van der Waals surface area contributed by atoms with Gasteiger partial charge in [0, 0.05) is 91.6 Å². The highest BCUT2D eigenvalue weighted by molar-refractivity contribution is 6.02. The zero-order valence-electron chi connectivity index (χ0n) is 78.1. The second-order valence-electron chi connectivity index (χ2n) is 37.3. The minimum absolute atomic E-state index is 0.00860. The van der Waals surface area contributed by atoms with Crippen LogP contribution in [0.1, 0.15) is 180 Å². The predicted octanol–water partition coefficient (Wildman–Crippen LogP) is 0.813. The Kier molecular flexibility index (Phi) is 39.6. The third kappa shape index (κ3) is 25.7. The molecule has 20 N–H and O–H groups in total. The van der Waals surface area contributed by atoms with Gasteiger partial charge in [-0.15, -0.1) is 0 Å². The standard InChI is InChI=1S/C96H139F2N11O27/c1-6-17-78-135-73-50-60-61-49-63(97)62-48-59(112)30-34-93(62,4)95(61,98)71(113)51-94(60,5)96(73,136-78)72(114)52-104-88(124)65(23-16-36-103-92(100)127)106-90(126)81(55(2)3)108-89(125)66(105-75(116)33-40-128-42-44-130-46-47-131-45-43-129-41-37-102-74(115)28-29-77(118)109-53-58-20-11-10-18-56(58)26-27-57-19-12-13-24-67(57)109)22-14-15-35-101-76(117)54-132-69-25-9-7-8-21-64(80(69)99)107-91-86(123)83(120)79(68(134-91)31-38-110)87-85(122)84(121)82(119)70(133-87)32-39-111/h10-13,18-20,24,30,34,48,55,60-61,63,65-66,68-71,73,78-79,81-87,91,107,110-111,113,119-123H,6-9,14-17,21-23,25,28-29,31-33,35-47,49-54,99H2,1-5H3,(H,101,117)(H,102,115)(H,104,124)(H,105,116)(H,106,126)(H,108,125)(H3,100,103,127)/t60-,61-,63-,65-,66+,68+,69?,70+,71-,73+,78?,79?,81-,82+,83-,84-,85+,86+,87+,91-,93-,94-,95-,96+/m0/s1. The average Bonchev–Trinajstić information content (AvgIpc) is 1.47. The Balaban J connectivity index is 0.672. The molecule has 3 saturated carbocycles. The van der Waals surface area contributed by atoms with Crippen LogP contribution in [-0.2, 0) is 92.3 Å². The zero-order valence-corrected chi connectivity index (χ0v) is 78.1. The molecule has 9 amide bonds. The molecule has 9 aliphatic rings. The second kappa shape index (κ2) is 50.1. The number of anilines is 1. The molecule has 0 spiro atoms.